The number of β-lactam (4-membered cyclic amide) rings is 1. The zero-order valence-corrected chi connectivity index (χ0v) is 21.1. The number of fused-ring (bicyclic) bond motifs is 1. The first-order valence-electron chi connectivity index (χ1n) is 10.5. The van der Waals surface area contributed by atoms with Crippen molar-refractivity contribution in [1.82, 2.24) is 15.2 Å². The second kappa shape index (κ2) is 11.4. The van der Waals surface area contributed by atoms with Gasteiger partial charge in [-0.15, -0.1) is 23.1 Å². The predicted octanol–water partition coefficient (Wildman–Crippen LogP) is 1.15. The van der Waals surface area contributed by atoms with Crippen LogP contribution >= 0.6 is 23.1 Å². The average Bonchev–Trinajstić information content (AvgIpc) is 3.23. The number of nitrogen functional groups attached to an aromatic ring is 1. The van der Waals surface area contributed by atoms with Gasteiger partial charge in [0.2, 0.25) is 6.29 Å². The third kappa shape index (κ3) is 5.82. The van der Waals surface area contributed by atoms with Crippen LogP contribution < -0.4 is 11.1 Å². The van der Waals surface area contributed by atoms with Crippen LogP contribution in [0.4, 0.5) is 5.13 Å². The lowest BCUT2D eigenvalue weighted by Crippen LogP contribution is -2.71. The van der Waals surface area contributed by atoms with Gasteiger partial charge in [-0.2, -0.15) is 0 Å². The molecule has 1 unspecified atom stereocenters. The second-order valence-corrected chi connectivity index (χ2v) is 9.32. The maximum absolute atomic E-state index is 13.1. The normalized spacial score (nSPS) is 20.7. The Labute approximate surface area is 209 Å². The molecule has 1 aromatic heterocycles. The third-order valence-electron chi connectivity index (χ3n) is 4.80. The van der Waals surface area contributed by atoms with E-state index in [0.717, 1.165) is 17.8 Å². The maximum atomic E-state index is 13.1. The Morgan fingerprint density at radius 3 is 2.74 bits per heavy atom. The van der Waals surface area contributed by atoms with Crippen LogP contribution in [0.25, 0.3) is 0 Å². The highest BCUT2D eigenvalue weighted by atomic mass is 32.2. The number of hydrogen-bond donors (Lipinski definition) is 2. The quantitative estimate of drug-likeness (QED) is 0.158. The molecule has 0 bridgehead atoms. The molecule has 0 saturated carbocycles. The monoisotopic (exact) mass is 523 g/mol. The molecule has 2 amide bonds. The van der Waals surface area contributed by atoms with Crippen molar-refractivity contribution < 1.29 is 33.5 Å². The van der Waals surface area contributed by atoms with E-state index in [-0.39, 0.29) is 22.2 Å². The zero-order valence-electron chi connectivity index (χ0n) is 19.5. The van der Waals surface area contributed by atoms with Gasteiger partial charge in [-0.1, -0.05) is 24.2 Å². The van der Waals surface area contributed by atoms with Gasteiger partial charge in [-0.3, -0.25) is 19.3 Å². The van der Waals surface area contributed by atoms with E-state index in [1.54, 1.807) is 11.5 Å². The summed E-state index contributed by atoms with van der Waals surface area (Å²) in [6, 6.07) is -0.920. The second-order valence-electron chi connectivity index (χ2n) is 7.32. The van der Waals surface area contributed by atoms with Crippen molar-refractivity contribution in [2.24, 2.45) is 5.16 Å². The molecular weight excluding hydrogens is 498 g/mol. The van der Waals surface area contributed by atoms with E-state index in [1.807, 2.05) is 13.0 Å². The van der Waals surface area contributed by atoms with Gasteiger partial charge in [0.15, 0.2) is 10.8 Å². The summed E-state index contributed by atoms with van der Waals surface area (Å²) >= 11 is 2.51. The number of nitrogens with one attached hydrogen (secondary N) is 1. The molecule has 3 rings (SSSR count). The van der Waals surface area contributed by atoms with Crippen LogP contribution in [0, 0.1) is 0 Å². The van der Waals surface area contributed by atoms with Crippen molar-refractivity contribution in [2.75, 3.05) is 18.6 Å². The first-order chi connectivity index (χ1) is 16.7. The molecule has 0 radical (unpaired) electrons. The number of allylic oxidation sites excluding steroid dienone is 2. The lowest BCUT2D eigenvalue weighted by Gasteiger charge is -2.49. The molecule has 2 aliphatic heterocycles. The Kier molecular flexibility index (Phi) is 8.51. The number of esters is 2. The van der Waals surface area contributed by atoms with Crippen LogP contribution in [0.2, 0.25) is 0 Å². The predicted molar refractivity (Wildman–Crippen MR) is 129 cm³/mol. The van der Waals surface area contributed by atoms with E-state index < -0.39 is 41.5 Å². The molecule has 2 aliphatic rings. The van der Waals surface area contributed by atoms with E-state index in [9.17, 15) is 19.2 Å². The average molecular weight is 524 g/mol. The Balaban J connectivity index is 1.81. The van der Waals surface area contributed by atoms with Gasteiger partial charge in [-0.05, 0) is 12.0 Å². The molecule has 188 valence electrons. The van der Waals surface area contributed by atoms with Crippen LogP contribution in [0.5, 0.6) is 0 Å². The molecule has 1 saturated heterocycles. The molecule has 14 heteroatoms. The van der Waals surface area contributed by atoms with Crippen LogP contribution in [0.15, 0.2) is 34.0 Å². The molecular formula is C21H25N5O7S2. The molecule has 0 spiro atoms. The summed E-state index contributed by atoms with van der Waals surface area (Å²) in [5.41, 5.74) is 6.36. The highest BCUT2D eigenvalue weighted by Gasteiger charge is 2.54. The number of anilines is 1. The van der Waals surface area contributed by atoms with Crippen LogP contribution in [-0.2, 0) is 33.5 Å². The van der Waals surface area contributed by atoms with Gasteiger partial charge in [0.05, 0.1) is 0 Å². The summed E-state index contributed by atoms with van der Waals surface area (Å²) < 4.78 is 10.1. The van der Waals surface area contributed by atoms with Crippen molar-refractivity contribution in [3.8, 4) is 0 Å². The minimum Gasteiger partial charge on any atom is -0.426 e. The molecule has 3 atom stereocenters. The van der Waals surface area contributed by atoms with E-state index in [2.05, 4.69) is 15.5 Å². The van der Waals surface area contributed by atoms with Crippen molar-refractivity contribution >= 4 is 57.7 Å². The molecule has 0 aliphatic carbocycles. The van der Waals surface area contributed by atoms with E-state index in [0.29, 0.717) is 11.3 Å². The number of carbonyl (C=O) groups is 4. The van der Waals surface area contributed by atoms with Gasteiger partial charge in [0.25, 0.3) is 11.8 Å². The number of aromatic nitrogens is 1. The largest absolute Gasteiger partial charge is 0.426 e. The fraction of sp³-hybridized carbons (Fsp3) is 0.429. The Bertz CT molecular complexity index is 1110. The van der Waals surface area contributed by atoms with E-state index in [1.165, 1.54) is 37.6 Å². The number of carbonyl (C=O) groups excluding carboxylic acids is 4. The van der Waals surface area contributed by atoms with Crippen molar-refractivity contribution in [2.45, 2.75) is 44.9 Å². The minimum atomic E-state index is -1.14. The van der Waals surface area contributed by atoms with Crippen molar-refractivity contribution in [1.29, 1.82) is 0 Å². The molecule has 1 fully saturated rings. The fourth-order valence-electron chi connectivity index (χ4n) is 3.39. The van der Waals surface area contributed by atoms with Crippen LogP contribution in [-0.4, -0.2) is 69.9 Å². The molecule has 0 aromatic carbocycles. The summed E-state index contributed by atoms with van der Waals surface area (Å²) in [5.74, 6) is -2.20. The first-order valence-corrected chi connectivity index (χ1v) is 12.5. The standard InChI is InChI=1S/C21H25N5O7S2/c1-5-6-7-12-8-34-19-15(24-17(28)14(25-31-4)13-9-35-21(22)23-13)18(29)26(19)16(12)20(30)33-11(3)32-10(2)27/h6-7,9,11,15,19H,5,8H2,1-4H3,(H2,22,23)(H,24,28)/b7-6-,25-14-/t11?,15-,19+/m1/s1. The summed E-state index contributed by atoms with van der Waals surface area (Å²) in [6.07, 6.45) is 3.20. The number of rotatable bonds is 9. The summed E-state index contributed by atoms with van der Waals surface area (Å²) in [5, 5.41) is 7.60. The molecule has 3 N–H and O–H groups in total. The van der Waals surface area contributed by atoms with Gasteiger partial charge < -0.3 is 25.4 Å². The Morgan fingerprint density at radius 2 is 2.14 bits per heavy atom. The smallest absolute Gasteiger partial charge is 0.358 e. The summed E-state index contributed by atoms with van der Waals surface area (Å²) in [7, 11) is 1.28. The number of nitrogens with zero attached hydrogens (tertiary/aromatic N) is 3. The number of thiazole rings is 1. The fourth-order valence-corrected chi connectivity index (χ4v) is 5.25. The number of hydrogen-bond acceptors (Lipinski definition) is 12. The van der Waals surface area contributed by atoms with Crippen molar-refractivity contribution in [3.63, 3.8) is 0 Å². The number of ether oxygens (including phenoxy) is 2. The Morgan fingerprint density at radius 1 is 1.40 bits per heavy atom. The number of amides is 2. The summed E-state index contributed by atoms with van der Waals surface area (Å²) in [6.45, 7) is 4.53. The number of oxime groups is 1. The van der Waals surface area contributed by atoms with E-state index >= 15 is 0 Å². The maximum Gasteiger partial charge on any atom is 0.358 e. The summed E-state index contributed by atoms with van der Waals surface area (Å²) in [4.78, 5) is 60.2. The first kappa shape index (κ1) is 26.2. The highest BCUT2D eigenvalue weighted by molar-refractivity contribution is 8.00. The van der Waals surface area contributed by atoms with Gasteiger partial charge in [0.1, 0.15) is 29.9 Å². The van der Waals surface area contributed by atoms with Crippen LogP contribution in [0.3, 0.4) is 0 Å². The zero-order chi connectivity index (χ0) is 25.7. The topological polar surface area (TPSA) is 163 Å². The lowest BCUT2D eigenvalue weighted by atomic mass is 10.0. The SMILES string of the molecule is CC/C=C\C1=C(C(=O)OC(C)OC(C)=O)N2C(=O)[C@@H](NC(=O)/C(=N\OC)c3csc(N)n3)[C@@H]2SC1. The van der Waals surface area contributed by atoms with Gasteiger partial charge in [0, 0.05) is 25.0 Å². The Hall–Kier alpha value is -3.39. The van der Waals surface area contributed by atoms with Crippen molar-refractivity contribution in [3.05, 3.63) is 34.5 Å². The third-order valence-corrected chi connectivity index (χ3v) is 6.78. The number of thioether (sulfide) groups is 1. The van der Waals surface area contributed by atoms with E-state index in [4.69, 9.17) is 20.0 Å². The minimum absolute atomic E-state index is 0.0472. The number of nitrogens with two attached hydrogens (primary N) is 1. The molecule has 35 heavy (non-hydrogen) atoms. The van der Waals surface area contributed by atoms with Crippen LogP contribution in [0.1, 0.15) is 32.9 Å². The molecule has 3 heterocycles. The van der Waals surface area contributed by atoms with Gasteiger partial charge >= 0.3 is 11.9 Å². The highest BCUT2D eigenvalue weighted by Crippen LogP contribution is 2.41. The van der Waals surface area contributed by atoms with Gasteiger partial charge in [-0.25, -0.2) is 9.78 Å². The molecule has 1 aromatic rings. The lowest BCUT2D eigenvalue weighted by molar-refractivity contribution is -0.182. The molecule has 12 nitrogen and oxygen atoms in total.